The molecule has 23 heavy (non-hydrogen) atoms. The van der Waals surface area contributed by atoms with Crippen molar-refractivity contribution in [3.63, 3.8) is 0 Å². The quantitative estimate of drug-likeness (QED) is 0.857. The monoisotopic (exact) mass is 334 g/mol. The third-order valence-corrected chi connectivity index (χ3v) is 3.78. The molecule has 0 saturated heterocycles. The van der Waals surface area contributed by atoms with Gasteiger partial charge in [-0.3, -0.25) is 0 Å². The average Bonchev–Trinajstić information content (AvgIpc) is 2.51. The Hall–Kier alpha value is -2.40. The Morgan fingerprint density at radius 2 is 1.65 bits per heavy atom. The van der Waals surface area contributed by atoms with E-state index in [4.69, 9.17) is 21.1 Å². The van der Waals surface area contributed by atoms with Gasteiger partial charge in [0.1, 0.15) is 11.5 Å². The number of amides is 2. The highest BCUT2D eigenvalue weighted by Gasteiger charge is 2.12. The van der Waals surface area contributed by atoms with Gasteiger partial charge in [0.15, 0.2) is 0 Å². The van der Waals surface area contributed by atoms with Gasteiger partial charge in [-0.1, -0.05) is 17.7 Å². The third-order valence-electron chi connectivity index (χ3n) is 3.49. The van der Waals surface area contributed by atoms with Crippen LogP contribution in [0.15, 0.2) is 30.3 Å². The van der Waals surface area contributed by atoms with Gasteiger partial charge in [0.2, 0.25) is 0 Å². The number of ether oxygens (including phenoxy) is 2. The SMILES string of the molecule is COc1cc(OC)c(NC(=O)Nc2ccc(C)c(C)c2)cc1Cl. The minimum atomic E-state index is -0.382. The van der Waals surface area contributed by atoms with E-state index in [1.165, 1.54) is 19.8 Å². The summed E-state index contributed by atoms with van der Waals surface area (Å²) in [4.78, 5) is 12.2. The van der Waals surface area contributed by atoms with Crippen LogP contribution in [0.4, 0.5) is 16.2 Å². The van der Waals surface area contributed by atoms with Gasteiger partial charge < -0.3 is 20.1 Å². The number of anilines is 2. The molecule has 0 unspecified atom stereocenters. The molecule has 0 aliphatic rings. The van der Waals surface area contributed by atoms with Gasteiger partial charge in [-0.25, -0.2) is 4.79 Å². The van der Waals surface area contributed by atoms with Crippen molar-refractivity contribution < 1.29 is 14.3 Å². The van der Waals surface area contributed by atoms with E-state index >= 15 is 0 Å². The zero-order chi connectivity index (χ0) is 17.0. The van der Waals surface area contributed by atoms with Crippen LogP contribution in [0.25, 0.3) is 0 Å². The molecule has 0 atom stereocenters. The van der Waals surface area contributed by atoms with Crippen LogP contribution in [-0.2, 0) is 0 Å². The second-order valence-electron chi connectivity index (χ2n) is 5.07. The number of nitrogens with one attached hydrogen (secondary N) is 2. The Morgan fingerprint density at radius 3 is 2.26 bits per heavy atom. The van der Waals surface area contributed by atoms with E-state index in [-0.39, 0.29) is 6.03 Å². The van der Waals surface area contributed by atoms with Crippen LogP contribution in [-0.4, -0.2) is 20.3 Å². The first kappa shape index (κ1) is 17.0. The smallest absolute Gasteiger partial charge is 0.323 e. The fourth-order valence-electron chi connectivity index (χ4n) is 2.06. The normalized spacial score (nSPS) is 10.1. The molecule has 0 fully saturated rings. The van der Waals surface area contributed by atoms with Crippen LogP contribution in [0, 0.1) is 13.8 Å². The Balaban J connectivity index is 2.16. The summed E-state index contributed by atoms with van der Waals surface area (Å²) in [7, 11) is 3.02. The summed E-state index contributed by atoms with van der Waals surface area (Å²) in [5.41, 5.74) is 3.44. The molecule has 0 saturated carbocycles. The summed E-state index contributed by atoms with van der Waals surface area (Å²) in [6.07, 6.45) is 0. The zero-order valence-electron chi connectivity index (χ0n) is 13.5. The molecule has 0 aromatic heterocycles. The molecule has 0 aliphatic carbocycles. The molecule has 0 radical (unpaired) electrons. The topological polar surface area (TPSA) is 59.6 Å². The lowest BCUT2D eigenvalue weighted by Crippen LogP contribution is -2.20. The number of aryl methyl sites for hydroxylation is 2. The maximum Gasteiger partial charge on any atom is 0.323 e. The maximum absolute atomic E-state index is 12.2. The van der Waals surface area contributed by atoms with E-state index in [0.717, 1.165) is 5.56 Å². The number of carbonyl (C=O) groups is 1. The molecule has 2 rings (SSSR count). The van der Waals surface area contributed by atoms with Crippen molar-refractivity contribution in [3.05, 3.63) is 46.5 Å². The van der Waals surface area contributed by atoms with Crippen molar-refractivity contribution in [3.8, 4) is 11.5 Å². The van der Waals surface area contributed by atoms with Crippen molar-refractivity contribution in [2.75, 3.05) is 24.9 Å². The van der Waals surface area contributed by atoms with Gasteiger partial charge in [-0.2, -0.15) is 0 Å². The fraction of sp³-hybridized carbons (Fsp3) is 0.235. The lowest BCUT2D eigenvalue weighted by Gasteiger charge is -2.14. The summed E-state index contributed by atoms with van der Waals surface area (Å²) < 4.78 is 10.4. The summed E-state index contributed by atoms with van der Waals surface area (Å²) in [6, 6.07) is 8.53. The van der Waals surface area contributed by atoms with Gasteiger partial charge in [0.25, 0.3) is 0 Å². The Morgan fingerprint density at radius 1 is 0.957 bits per heavy atom. The van der Waals surface area contributed by atoms with Gasteiger partial charge in [-0.05, 0) is 43.2 Å². The first-order valence-electron chi connectivity index (χ1n) is 7.01. The highest BCUT2D eigenvalue weighted by molar-refractivity contribution is 6.32. The molecule has 122 valence electrons. The van der Waals surface area contributed by atoms with E-state index < -0.39 is 0 Å². The molecular weight excluding hydrogens is 316 g/mol. The number of hydrogen-bond acceptors (Lipinski definition) is 3. The van der Waals surface area contributed by atoms with Crippen LogP contribution < -0.4 is 20.1 Å². The zero-order valence-corrected chi connectivity index (χ0v) is 14.2. The molecule has 2 aromatic carbocycles. The Labute approximate surface area is 140 Å². The number of carbonyl (C=O) groups excluding carboxylic acids is 1. The fourth-order valence-corrected chi connectivity index (χ4v) is 2.30. The van der Waals surface area contributed by atoms with E-state index in [1.807, 2.05) is 32.0 Å². The van der Waals surface area contributed by atoms with Crippen molar-refractivity contribution in [2.45, 2.75) is 13.8 Å². The van der Waals surface area contributed by atoms with Crippen molar-refractivity contribution in [2.24, 2.45) is 0 Å². The maximum atomic E-state index is 12.2. The third kappa shape index (κ3) is 4.07. The highest BCUT2D eigenvalue weighted by atomic mass is 35.5. The Kier molecular flexibility index (Phi) is 5.34. The molecule has 5 nitrogen and oxygen atoms in total. The molecule has 0 bridgehead atoms. The lowest BCUT2D eigenvalue weighted by molar-refractivity contribution is 0.262. The number of rotatable bonds is 4. The van der Waals surface area contributed by atoms with Crippen LogP contribution >= 0.6 is 11.6 Å². The van der Waals surface area contributed by atoms with E-state index in [2.05, 4.69) is 10.6 Å². The van der Waals surface area contributed by atoms with Crippen molar-refractivity contribution >= 4 is 29.0 Å². The summed E-state index contributed by atoms with van der Waals surface area (Å²) in [5, 5.41) is 5.88. The number of hydrogen-bond donors (Lipinski definition) is 2. The molecule has 2 aromatic rings. The summed E-state index contributed by atoms with van der Waals surface area (Å²) >= 11 is 6.09. The van der Waals surface area contributed by atoms with Crippen LogP contribution in [0.3, 0.4) is 0 Å². The molecule has 0 aliphatic heterocycles. The van der Waals surface area contributed by atoms with E-state index in [1.54, 1.807) is 12.1 Å². The van der Waals surface area contributed by atoms with Crippen molar-refractivity contribution in [1.82, 2.24) is 0 Å². The number of benzene rings is 2. The second kappa shape index (κ2) is 7.24. The van der Waals surface area contributed by atoms with Gasteiger partial charge in [0, 0.05) is 11.8 Å². The largest absolute Gasteiger partial charge is 0.495 e. The molecule has 0 heterocycles. The van der Waals surface area contributed by atoms with E-state index in [9.17, 15) is 4.79 Å². The summed E-state index contributed by atoms with van der Waals surface area (Å²) in [5.74, 6) is 0.935. The summed E-state index contributed by atoms with van der Waals surface area (Å²) in [6.45, 7) is 4.01. The molecular formula is C17H19ClN2O3. The van der Waals surface area contributed by atoms with Crippen LogP contribution in [0.2, 0.25) is 5.02 Å². The van der Waals surface area contributed by atoms with E-state index in [0.29, 0.717) is 27.9 Å². The van der Waals surface area contributed by atoms with Gasteiger partial charge in [0.05, 0.1) is 24.9 Å². The lowest BCUT2D eigenvalue weighted by atomic mass is 10.1. The average molecular weight is 335 g/mol. The predicted octanol–water partition coefficient (Wildman–Crippen LogP) is 4.62. The first-order valence-corrected chi connectivity index (χ1v) is 7.39. The Bertz CT molecular complexity index is 732. The minimum absolute atomic E-state index is 0.382. The predicted molar refractivity (Wildman–Crippen MR) is 93.1 cm³/mol. The second-order valence-corrected chi connectivity index (χ2v) is 5.47. The molecule has 2 N–H and O–H groups in total. The van der Waals surface area contributed by atoms with Crippen molar-refractivity contribution in [1.29, 1.82) is 0 Å². The first-order chi connectivity index (χ1) is 10.9. The molecule has 0 spiro atoms. The molecule has 6 heteroatoms. The van der Waals surface area contributed by atoms with Gasteiger partial charge in [-0.15, -0.1) is 0 Å². The molecule has 2 amide bonds. The number of urea groups is 1. The van der Waals surface area contributed by atoms with Crippen LogP contribution in [0.5, 0.6) is 11.5 Å². The standard InChI is InChI=1S/C17H19ClN2O3/c1-10-5-6-12(7-11(10)2)19-17(21)20-14-8-13(18)15(22-3)9-16(14)23-4/h5-9H,1-4H3,(H2,19,20,21). The highest BCUT2D eigenvalue weighted by Crippen LogP contribution is 2.35. The number of methoxy groups -OCH3 is 2. The number of halogens is 1. The van der Waals surface area contributed by atoms with Gasteiger partial charge >= 0.3 is 6.03 Å². The minimum Gasteiger partial charge on any atom is -0.495 e. The van der Waals surface area contributed by atoms with Crippen LogP contribution in [0.1, 0.15) is 11.1 Å².